The van der Waals surface area contributed by atoms with E-state index in [1.807, 2.05) is 25.1 Å². The number of ether oxygens (including phenoxy) is 3. The zero-order valence-corrected chi connectivity index (χ0v) is 18.5. The van der Waals surface area contributed by atoms with Crippen molar-refractivity contribution < 1.29 is 28.6 Å². The molecule has 0 spiro atoms. The monoisotopic (exact) mass is 435 g/mol. The van der Waals surface area contributed by atoms with Crippen LogP contribution in [0.1, 0.15) is 36.7 Å². The lowest BCUT2D eigenvalue weighted by molar-refractivity contribution is -0.136. The van der Waals surface area contributed by atoms with Crippen molar-refractivity contribution in [3.63, 3.8) is 0 Å². The number of esters is 2. The molecule has 0 aliphatic carbocycles. The molecule has 0 aromatic heterocycles. The summed E-state index contributed by atoms with van der Waals surface area (Å²) in [5.41, 5.74) is 2.38. The number of amides is 1. The van der Waals surface area contributed by atoms with Crippen LogP contribution in [0.4, 0.5) is 5.69 Å². The van der Waals surface area contributed by atoms with Crippen molar-refractivity contribution in [2.75, 3.05) is 25.2 Å². The predicted octanol–water partition coefficient (Wildman–Crippen LogP) is 4.14. The van der Waals surface area contributed by atoms with Crippen molar-refractivity contribution in [2.24, 2.45) is 0 Å². The lowest BCUT2D eigenvalue weighted by Crippen LogP contribution is -2.24. The highest BCUT2D eigenvalue weighted by Gasteiger charge is 2.38. The maximum atomic E-state index is 13.4. The third kappa shape index (κ3) is 4.42. The minimum absolute atomic E-state index is 0.179. The molecule has 1 aliphatic heterocycles. The Bertz CT molecular complexity index is 1100. The first-order valence-electron chi connectivity index (χ1n) is 10.3. The van der Waals surface area contributed by atoms with Gasteiger partial charge in [-0.15, -0.1) is 0 Å². The van der Waals surface area contributed by atoms with Gasteiger partial charge in [-0.2, -0.15) is 0 Å². The highest BCUT2D eigenvalue weighted by molar-refractivity contribution is 6.24. The van der Waals surface area contributed by atoms with Crippen molar-refractivity contribution in [3.8, 4) is 5.75 Å². The molecule has 2 aromatic rings. The molecule has 1 aliphatic rings. The van der Waals surface area contributed by atoms with Crippen LogP contribution in [0.3, 0.4) is 0 Å². The van der Waals surface area contributed by atoms with Crippen LogP contribution in [0.5, 0.6) is 5.75 Å². The quantitative estimate of drug-likeness (QED) is 0.480. The number of rotatable bonds is 7. The molecule has 1 amide bonds. The molecular formula is C25H25NO6. The molecule has 0 atom stereocenters. The van der Waals surface area contributed by atoms with Crippen molar-refractivity contribution in [1.29, 1.82) is 0 Å². The third-order valence-electron chi connectivity index (χ3n) is 4.94. The average Bonchev–Trinajstić information content (AvgIpc) is 3.04. The summed E-state index contributed by atoms with van der Waals surface area (Å²) in [4.78, 5) is 39.4. The molecule has 2 aromatic carbocycles. The molecular weight excluding hydrogens is 410 g/mol. The van der Waals surface area contributed by atoms with Gasteiger partial charge in [-0.1, -0.05) is 18.2 Å². The fourth-order valence-electron chi connectivity index (χ4n) is 3.49. The molecule has 7 nitrogen and oxygen atoms in total. The Balaban J connectivity index is 2.06. The van der Waals surface area contributed by atoms with Gasteiger partial charge in [0, 0.05) is 16.9 Å². The standard InChI is InChI=1S/C25H25NO6/c1-5-31-21-10-8-7-9-18(21)15-20-22(25(29)30-4)16(3)26(23(20)27)19-13-11-17(12-14-19)24(28)32-6-2/h7-15H,5-6H2,1-4H3/b20-15-. The number of carbonyl (C=O) groups excluding carboxylic acids is 3. The first kappa shape index (κ1) is 22.8. The summed E-state index contributed by atoms with van der Waals surface area (Å²) in [5.74, 6) is -0.823. The SMILES string of the molecule is CCOC(=O)c1ccc(N2C(=O)/C(=C\c3ccccc3OCC)C(C(=O)OC)=C2C)cc1. The molecule has 0 saturated carbocycles. The second kappa shape index (κ2) is 9.96. The summed E-state index contributed by atoms with van der Waals surface area (Å²) >= 11 is 0. The number of anilines is 1. The third-order valence-corrected chi connectivity index (χ3v) is 4.94. The fourth-order valence-corrected chi connectivity index (χ4v) is 3.49. The highest BCUT2D eigenvalue weighted by atomic mass is 16.5. The second-order valence-corrected chi connectivity index (χ2v) is 6.89. The maximum absolute atomic E-state index is 13.4. The Morgan fingerprint density at radius 2 is 1.66 bits per heavy atom. The van der Waals surface area contributed by atoms with Crippen molar-refractivity contribution in [3.05, 3.63) is 76.5 Å². The zero-order valence-electron chi connectivity index (χ0n) is 18.5. The van der Waals surface area contributed by atoms with E-state index in [2.05, 4.69) is 0 Å². The Morgan fingerprint density at radius 1 is 0.969 bits per heavy atom. The fraction of sp³-hybridized carbons (Fsp3) is 0.240. The highest BCUT2D eigenvalue weighted by Crippen LogP contribution is 2.36. The number of allylic oxidation sites excluding steroid dienone is 1. The molecule has 3 rings (SSSR count). The number of methoxy groups -OCH3 is 1. The molecule has 0 unspecified atom stereocenters. The van der Waals surface area contributed by atoms with Crippen LogP contribution in [0.25, 0.3) is 6.08 Å². The summed E-state index contributed by atoms with van der Waals surface area (Å²) in [6, 6.07) is 13.7. The van der Waals surface area contributed by atoms with E-state index >= 15 is 0 Å². The van der Waals surface area contributed by atoms with E-state index in [1.165, 1.54) is 12.0 Å². The van der Waals surface area contributed by atoms with Crippen LogP contribution in [0.15, 0.2) is 65.4 Å². The second-order valence-electron chi connectivity index (χ2n) is 6.89. The maximum Gasteiger partial charge on any atom is 0.340 e. The molecule has 0 saturated heterocycles. The lowest BCUT2D eigenvalue weighted by Gasteiger charge is -2.18. The Kier molecular flexibility index (Phi) is 7.10. The van der Waals surface area contributed by atoms with Crippen LogP contribution in [-0.2, 0) is 19.1 Å². The number of para-hydroxylation sites is 1. The first-order chi connectivity index (χ1) is 15.4. The minimum Gasteiger partial charge on any atom is -0.493 e. The van der Waals surface area contributed by atoms with Gasteiger partial charge in [0.05, 0.1) is 37.0 Å². The number of nitrogens with zero attached hydrogens (tertiary/aromatic N) is 1. The summed E-state index contributed by atoms with van der Waals surface area (Å²) in [6.07, 6.45) is 1.63. The molecule has 166 valence electrons. The van der Waals surface area contributed by atoms with Gasteiger partial charge >= 0.3 is 11.9 Å². The van der Waals surface area contributed by atoms with E-state index in [0.717, 1.165) is 0 Å². The first-order valence-corrected chi connectivity index (χ1v) is 10.3. The summed E-state index contributed by atoms with van der Waals surface area (Å²) in [6.45, 7) is 6.02. The molecule has 0 fully saturated rings. The largest absolute Gasteiger partial charge is 0.493 e. The van der Waals surface area contributed by atoms with E-state index in [1.54, 1.807) is 50.3 Å². The van der Waals surface area contributed by atoms with E-state index in [9.17, 15) is 14.4 Å². The van der Waals surface area contributed by atoms with Crippen molar-refractivity contribution in [2.45, 2.75) is 20.8 Å². The van der Waals surface area contributed by atoms with E-state index in [4.69, 9.17) is 14.2 Å². The van der Waals surface area contributed by atoms with E-state index in [0.29, 0.717) is 34.9 Å². The van der Waals surface area contributed by atoms with Crippen LogP contribution < -0.4 is 9.64 Å². The van der Waals surface area contributed by atoms with Crippen LogP contribution in [0.2, 0.25) is 0 Å². The van der Waals surface area contributed by atoms with Crippen molar-refractivity contribution >= 4 is 29.6 Å². The molecule has 0 radical (unpaired) electrons. The van der Waals surface area contributed by atoms with Crippen LogP contribution in [0, 0.1) is 0 Å². The Labute approximate surface area is 186 Å². The smallest absolute Gasteiger partial charge is 0.340 e. The molecule has 32 heavy (non-hydrogen) atoms. The van der Waals surface area contributed by atoms with E-state index in [-0.39, 0.29) is 23.7 Å². The number of carbonyl (C=O) groups is 3. The molecule has 1 heterocycles. The number of hydrogen-bond acceptors (Lipinski definition) is 6. The van der Waals surface area contributed by atoms with Gasteiger partial charge in [0.2, 0.25) is 0 Å². The van der Waals surface area contributed by atoms with Gasteiger partial charge in [0.15, 0.2) is 0 Å². The van der Waals surface area contributed by atoms with Crippen LogP contribution in [-0.4, -0.2) is 38.2 Å². The molecule has 7 heteroatoms. The lowest BCUT2D eigenvalue weighted by atomic mass is 10.0. The number of benzene rings is 2. The summed E-state index contributed by atoms with van der Waals surface area (Å²) in [7, 11) is 1.27. The summed E-state index contributed by atoms with van der Waals surface area (Å²) in [5, 5.41) is 0. The topological polar surface area (TPSA) is 82.1 Å². The minimum atomic E-state index is -0.610. The van der Waals surface area contributed by atoms with Gasteiger partial charge in [-0.3, -0.25) is 9.69 Å². The zero-order chi connectivity index (χ0) is 23.3. The van der Waals surface area contributed by atoms with E-state index < -0.39 is 11.9 Å². The Morgan fingerprint density at radius 3 is 2.28 bits per heavy atom. The molecule has 0 N–H and O–H groups in total. The van der Waals surface area contributed by atoms with Gasteiger partial charge in [0.25, 0.3) is 5.91 Å². The summed E-state index contributed by atoms with van der Waals surface area (Å²) < 4.78 is 15.6. The average molecular weight is 435 g/mol. The van der Waals surface area contributed by atoms with Gasteiger partial charge in [-0.25, -0.2) is 9.59 Å². The number of hydrogen-bond donors (Lipinski definition) is 0. The normalized spacial score (nSPS) is 14.7. The van der Waals surface area contributed by atoms with Gasteiger partial charge < -0.3 is 14.2 Å². The predicted molar refractivity (Wildman–Crippen MR) is 120 cm³/mol. The van der Waals surface area contributed by atoms with Gasteiger partial charge in [-0.05, 0) is 57.2 Å². The molecule has 0 bridgehead atoms. The Hall–Kier alpha value is -3.87. The van der Waals surface area contributed by atoms with Crippen molar-refractivity contribution in [1.82, 2.24) is 0 Å². The van der Waals surface area contributed by atoms with Crippen LogP contribution >= 0.6 is 0 Å². The van der Waals surface area contributed by atoms with Gasteiger partial charge in [0.1, 0.15) is 5.75 Å².